The van der Waals surface area contributed by atoms with E-state index in [1.165, 1.54) is 12.1 Å². The molecule has 1 heterocycles. The SMILES string of the molecule is N#CC[C@H](c1cccc(F)c1)N1CCNCC1. The lowest BCUT2D eigenvalue weighted by Crippen LogP contribution is -2.45. The molecular weight excluding hydrogens is 217 g/mol. The second-order valence-corrected chi connectivity index (χ2v) is 4.22. The molecule has 3 nitrogen and oxygen atoms in total. The molecule has 2 rings (SSSR count). The Morgan fingerprint density at radius 2 is 2.18 bits per heavy atom. The van der Waals surface area contributed by atoms with Crippen LogP contribution in [-0.4, -0.2) is 31.1 Å². The van der Waals surface area contributed by atoms with E-state index in [4.69, 9.17) is 5.26 Å². The fraction of sp³-hybridized carbons (Fsp3) is 0.462. The van der Waals surface area contributed by atoms with E-state index in [1.54, 1.807) is 6.07 Å². The van der Waals surface area contributed by atoms with Crippen molar-refractivity contribution in [2.24, 2.45) is 0 Å². The number of piperazine rings is 1. The largest absolute Gasteiger partial charge is 0.314 e. The maximum atomic E-state index is 13.2. The van der Waals surface area contributed by atoms with E-state index in [1.807, 2.05) is 6.07 Å². The first-order chi connectivity index (χ1) is 8.31. The van der Waals surface area contributed by atoms with Gasteiger partial charge in [0.25, 0.3) is 0 Å². The van der Waals surface area contributed by atoms with Gasteiger partial charge in [0.15, 0.2) is 0 Å². The molecule has 0 unspecified atom stereocenters. The zero-order valence-corrected chi connectivity index (χ0v) is 9.69. The fourth-order valence-electron chi connectivity index (χ4n) is 2.25. The first-order valence-electron chi connectivity index (χ1n) is 5.88. The van der Waals surface area contributed by atoms with Crippen LogP contribution in [0.4, 0.5) is 4.39 Å². The van der Waals surface area contributed by atoms with Gasteiger partial charge in [0.1, 0.15) is 5.82 Å². The zero-order valence-electron chi connectivity index (χ0n) is 9.69. The van der Waals surface area contributed by atoms with Crippen molar-refractivity contribution in [2.75, 3.05) is 26.2 Å². The van der Waals surface area contributed by atoms with Crippen LogP contribution in [0, 0.1) is 17.1 Å². The van der Waals surface area contributed by atoms with Crippen LogP contribution in [0.2, 0.25) is 0 Å². The lowest BCUT2D eigenvalue weighted by Gasteiger charge is -2.34. The maximum Gasteiger partial charge on any atom is 0.123 e. The van der Waals surface area contributed by atoms with Crippen molar-refractivity contribution >= 4 is 0 Å². The van der Waals surface area contributed by atoms with Crippen LogP contribution in [-0.2, 0) is 0 Å². The first-order valence-corrected chi connectivity index (χ1v) is 5.88. The van der Waals surface area contributed by atoms with Crippen LogP contribution < -0.4 is 5.32 Å². The summed E-state index contributed by atoms with van der Waals surface area (Å²) in [5.74, 6) is -0.236. The third-order valence-electron chi connectivity index (χ3n) is 3.11. The maximum absolute atomic E-state index is 13.2. The number of benzene rings is 1. The molecule has 0 aromatic heterocycles. The highest BCUT2D eigenvalue weighted by Gasteiger charge is 2.21. The third-order valence-corrected chi connectivity index (χ3v) is 3.11. The summed E-state index contributed by atoms with van der Waals surface area (Å²) >= 11 is 0. The quantitative estimate of drug-likeness (QED) is 0.863. The topological polar surface area (TPSA) is 39.1 Å². The highest BCUT2D eigenvalue weighted by atomic mass is 19.1. The minimum Gasteiger partial charge on any atom is -0.314 e. The Labute approximate surface area is 101 Å². The summed E-state index contributed by atoms with van der Waals surface area (Å²) in [4.78, 5) is 2.24. The molecular formula is C13H16FN3. The van der Waals surface area contributed by atoms with Crippen LogP contribution in [0.5, 0.6) is 0 Å². The number of nitriles is 1. The minimum atomic E-state index is -0.236. The van der Waals surface area contributed by atoms with Gasteiger partial charge >= 0.3 is 0 Å². The van der Waals surface area contributed by atoms with Gasteiger partial charge in [-0.3, -0.25) is 4.90 Å². The fourth-order valence-corrected chi connectivity index (χ4v) is 2.25. The molecule has 1 saturated heterocycles. The van der Waals surface area contributed by atoms with E-state index in [0.29, 0.717) is 6.42 Å². The number of hydrogen-bond acceptors (Lipinski definition) is 3. The Morgan fingerprint density at radius 1 is 1.41 bits per heavy atom. The predicted octanol–water partition coefficient (Wildman–Crippen LogP) is 1.69. The summed E-state index contributed by atoms with van der Waals surface area (Å²) in [7, 11) is 0. The second-order valence-electron chi connectivity index (χ2n) is 4.22. The van der Waals surface area contributed by atoms with Crippen LogP contribution in [0.1, 0.15) is 18.0 Å². The van der Waals surface area contributed by atoms with Crippen molar-refractivity contribution < 1.29 is 4.39 Å². The average Bonchev–Trinajstić information content (AvgIpc) is 2.37. The molecule has 0 saturated carbocycles. The van der Waals surface area contributed by atoms with Gasteiger partial charge in [0, 0.05) is 32.2 Å². The second kappa shape index (κ2) is 5.76. The summed E-state index contributed by atoms with van der Waals surface area (Å²) in [5, 5.41) is 12.2. The highest BCUT2D eigenvalue weighted by Crippen LogP contribution is 2.24. The summed E-state index contributed by atoms with van der Waals surface area (Å²) < 4.78 is 13.2. The van der Waals surface area contributed by atoms with Gasteiger partial charge in [-0.1, -0.05) is 12.1 Å². The van der Waals surface area contributed by atoms with Gasteiger partial charge in [-0.2, -0.15) is 5.26 Å². The molecule has 1 fully saturated rings. The van der Waals surface area contributed by atoms with E-state index in [-0.39, 0.29) is 11.9 Å². The molecule has 1 atom stereocenters. The molecule has 1 aliphatic rings. The Balaban J connectivity index is 2.19. The van der Waals surface area contributed by atoms with E-state index in [0.717, 1.165) is 31.7 Å². The molecule has 1 aromatic carbocycles. The van der Waals surface area contributed by atoms with Crippen LogP contribution >= 0.6 is 0 Å². The number of halogens is 1. The van der Waals surface area contributed by atoms with Crippen molar-refractivity contribution in [3.63, 3.8) is 0 Å². The van der Waals surface area contributed by atoms with Crippen LogP contribution in [0.3, 0.4) is 0 Å². The molecule has 1 N–H and O–H groups in total. The van der Waals surface area contributed by atoms with Gasteiger partial charge in [-0.05, 0) is 17.7 Å². The molecule has 0 bridgehead atoms. The van der Waals surface area contributed by atoms with E-state index in [2.05, 4.69) is 16.3 Å². The standard InChI is InChI=1S/C13H16FN3/c14-12-3-1-2-11(10-12)13(4-5-15)17-8-6-16-7-9-17/h1-3,10,13,16H,4,6-9H2/t13-/m1/s1. The van der Waals surface area contributed by atoms with Crippen LogP contribution in [0.25, 0.3) is 0 Å². The lowest BCUT2D eigenvalue weighted by molar-refractivity contribution is 0.175. The third kappa shape index (κ3) is 3.02. The number of rotatable bonds is 3. The van der Waals surface area contributed by atoms with Crippen molar-refractivity contribution in [1.29, 1.82) is 5.26 Å². The van der Waals surface area contributed by atoms with E-state index in [9.17, 15) is 4.39 Å². The molecule has 17 heavy (non-hydrogen) atoms. The molecule has 90 valence electrons. The summed E-state index contributed by atoms with van der Waals surface area (Å²) in [6.07, 6.45) is 0.406. The lowest BCUT2D eigenvalue weighted by atomic mass is 10.0. The summed E-state index contributed by atoms with van der Waals surface area (Å²) in [5.41, 5.74) is 0.897. The number of nitrogens with one attached hydrogen (secondary N) is 1. The van der Waals surface area contributed by atoms with Crippen LogP contribution in [0.15, 0.2) is 24.3 Å². The molecule has 0 aliphatic carbocycles. The number of nitrogens with zero attached hydrogens (tertiary/aromatic N) is 2. The molecule has 0 radical (unpaired) electrons. The molecule has 1 aromatic rings. The number of hydrogen-bond donors (Lipinski definition) is 1. The average molecular weight is 233 g/mol. The Morgan fingerprint density at radius 3 is 2.82 bits per heavy atom. The summed E-state index contributed by atoms with van der Waals surface area (Å²) in [6, 6.07) is 8.78. The van der Waals surface area contributed by atoms with Gasteiger partial charge in [0.05, 0.1) is 12.5 Å². The molecule has 0 amide bonds. The van der Waals surface area contributed by atoms with Crippen molar-refractivity contribution in [3.8, 4) is 6.07 Å². The monoisotopic (exact) mass is 233 g/mol. The Kier molecular flexibility index (Phi) is 4.08. The van der Waals surface area contributed by atoms with Gasteiger partial charge in [-0.25, -0.2) is 4.39 Å². The summed E-state index contributed by atoms with van der Waals surface area (Å²) in [6.45, 7) is 3.67. The van der Waals surface area contributed by atoms with Gasteiger partial charge in [-0.15, -0.1) is 0 Å². The van der Waals surface area contributed by atoms with Crippen molar-refractivity contribution in [1.82, 2.24) is 10.2 Å². The van der Waals surface area contributed by atoms with Crippen molar-refractivity contribution in [3.05, 3.63) is 35.6 Å². The zero-order chi connectivity index (χ0) is 12.1. The Hall–Kier alpha value is -1.44. The van der Waals surface area contributed by atoms with Gasteiger partial charge < -0.3 is 5.32 Å². The minimum absolute atomic E-state index is 0.0119. The Bertz CT molecular complexity index is 407. The molecule has 4 heteroatoms. The molecule has 0 spiro atoms. The van der Waals surface area contributed by atoms with Gasteiger partial charge in [0.2, 0.25) is 0 Å². The van der Waals surface area contributed by atoms with Crippen molar-refractivity contribution in [2.45, 2.75) is 12.5 Å². The first kappa shape index (κ1) is 12.0. The van der Waals surface area contributed by atoms with E-state index >= 15 is 0 Å². The predicted molar refractivity (Wildman–Crippen MR) is 63.8 cm³/mol. The van der Waals surface area contributed by atoms with E-state index < -0.39 is 0 Å². The highest BCUT2D eigenvalue weighted by molar-refractivity contribution is 5.21. The smallest absolute Gasteiger partial charge is 0.123 e. The molecule has 1 aliphatic heterocycles. The normalized spacial score (nSPS) is 18.6.